The van der Waals surface area contributed by atoms with Gasteiger partial charge in [-0.2, -0.15) is 13.2 Å². The van der Waals surface area contributed by atoms with E-state index in [1.165, 1.54) is 41.1 Å². The fourth-order valence-electron chi connectivity index (χ4n) is 1.75. The molecule has 0 aliphatic rings. The maximum Gasteiger partial charge on any atom is 0.422 e. The van der Waals surface area contributed by atoms with E-state index in [2.05, 4.69) is 10.1 Å². The fourth-order valence-corrected chi connectivity index (χ4v) is 1.75. The maximum absolute atomic E-state index is 12.0. The molecule has 8 heteroatoms. The Labute approximate surface area is 129 Å². The summed E-state index contributed by atoms with van der Waals surface area (Å²) in [4.78, 5) is 23.3. The molecule has 0 spiro atoms. The molecule has 0 unspecified atom stereocenters. The monoisotopic (exact) mass is 326 g/mol. The van der Waals surface area contributed by atoms with E-state index in [1.807, 2.05) is 0 Å². The van der Waals surface area contributed by atoms with E-state index in [4.69, 9.17) is 0 Å². The quantitative estimate of drug-likeness (QED) is 0.918. The van der Waals surface area contributed by atoms with Crippen LogP contribution in [0, 0.1) is 0 Å². The molecule has 0 atom stereocenters. The molecule has 0 saturated carbocycles. The SMILES string of the molecule is O=C(Cn1ccccc1=O)Nc1ccc(OCC(F)(F)F)cc1. The van der Waals surface area contributed by atoms with Crippen molar-refractivity contribution in [2.24, 2.45) is 0 Å². The molecule has 122 valence electrons. The van der Waals surface area contributed by atoms with Gasteiger partial charge < -0.3 is 14.6 Å². The highest BCUT2D eigenvalue weighted by molar-refractivity contribution is 5.90. The van der Waals surface area contributed by atoms with Gasteiger partial charge in [-0.25, -0.2) is 0 Å². The first-order valence-corrected chi connectivity index (χ1v) is 6.58. The van der Waals surface area contributed by atoms with Gasteiger partial charge in [-0.05, 0) is 30.3 Å². The summed E-state index contributed by atoms with van der Waals surface area (Å²) in [5, 5.41) is 2.54. The largest absolute Gasteiger partial charge is 0.484 e. The lowest BCUT2D eigenvalue weighted by Gasteiger charge is -2.10. The highest BCUT2D eigenvalue weighted by Crippen LogP contribution is 2.20. The summed E-state index contributed by atoms with van der Waals surface area (Å²) in [5.41, 5.74) is 0.0805. The zero-order valence-corrected chi connectivity index (χ0v) is 11.8. The lowest BCUT2D eigenvalue weighted by atomic mass is 10.3. The number of carbonyl (C=O) groups excluding carboxylic acids is 1. The van der Waals surface area contributed by atoms with Gasteiger partial charge in [-0.15, -0.1) is 0 Å². The first-order chi connectivity index (χ1) is 10.8. The summed E-state index contributed by atoms with van der Waals surface area (Å²) in [6.07, 6.45) is -2.92. The number of alkyl halides is 3. The van der Waals surface area contributed by atoms with Crippen LogP contribution in [-0.2, 0) is 11.3 Å². The van der Waals surface area contributed by atoms with Crippen LogP contribution in [0.3, 0.4) is 0 Å². The minimum absolute atomic E-state index is 0.0413. The summed E-state index contributed by atoms with van der Waals surface area (Å²) in [6.45, 7) is -1.54. The number of nitrogens with one attached hydrogen (secondary N) is 1. The fraction of sp³-hybridized carbons (Fsp3) is 0.200. The summed E-state index contributed by atoms with van der Waals surface area (Å²) >= 11 is 0. The lowest BCUT2D eigenvalue weighted by molar-refractivity contribution is -0.153. The minimum Gasteiger partial charge on any atom is -0.484 e. The summed E-state index contributed by atoms with van der Waals surface area (Å²) in [6, 6.07) is 9.98. The van der Waals surface area contributed by atoms with Crippen molar-refractivity contribution >= 4 is 11.6 Å². The van der Waals surface area contributed by atoms with Crippen molar-refractivity contribution in [3.63, 3.8) is 0 Å². The molecular formula is C15H13F3N2O3. The number of nitrogens with zero attached hydrogens (tertiary/aromatic N) is 1. The number of amides is 1. The third-order valence-corrected chi connectivity index (χ3v) is 2.75. The number of ether oxygens (including phenoxy) is 1. The van der Waals surface area contributed by atoms with Gasteiger partial charge in [0.1, 0.15) is 12.3 Å². The molecule has 0 saturated heterocycles. The predicted molar refractivity (Wildman–Crippen MR) is 77.3 cm³/mol. The van der Waals surface area contributed by atoms with Crippen molar-refractivity contribution in [3.05, 3.63) is 59.0 Å². The predicted octanol–water partition coefficient (Wildman–Crippen LogP) is 2.43. The second-order valence-electron chi connectivity index (χ2n) is 4.64. The van der Waals surface area contributed by atoms with Crippen LogP contribution in [0.15, 0.2) is 53.5 Å². The number of benzene rings is 1. The number of rotatable bonds is 5. The van der Waals surface area contributed by atoms with Crippen LogP contribution in [0.4, 0.5) is 18.9 Å². The van der Waals surface area contributed by atoms with Gasteiger partial charge in [-0.3, -0.25) is 9.59 Å². The maximum atomic E-state index is 12.0. The van der Waals surface area contributed by atoms with E-state index in [-0.39, 0.29) is 17.9 Å². The smallest absolute Gasteiger partial charge is 0.422 e. The number of hydrogen-bond donors (Lipinski definition) is 1. The molecule has 1 amide bonds. The van der Waals surface area contributed by atoms with Crippen LogP contribution >= 0.6 is 0 Å². The molecule has 0 bridgehead atoms. The number of hydrogen-bond acceptors (Lipinski definition) is 3. The average Bonchev–Trinajstić information content (AvgIpc) is 2.48. The van der Waals surface area contributed by atoms with Crippen molar-refractivity contribution in [2.45, 2.75) is 12.7 Å². The first kappa shape index (κ1) is 16.6. The number of halogens is 3. The zero-order valence-electron chi connectivity index (χ0n) is 11.8. The normalized spacial score (nSPS) is 11.1. The van der Waals surface area contributed by atoms with Gasteiger partial charge in [0, 0.05) is 18.0 Å². The number of pyridine rings is 1. The van der Waals surface area contributed by atoms with Crippen LogP contribution < -0.4 is 15.6 Å². The molecule has 5 nitrogen and oxygen atoms in total. The van der Waals surface area contributed by atoms with Gasteiger partial charge in [0.15, 0.2) is 6.61 Å². The average molecular weight is 326 g/mol. The van der Waals surface area contributed by atoms with Crippen molar-refractivity contribution in [1.82, 2.24) is 4.57 Å². The number of carbonyl (C=O) groups is 1. The van der Waals surface area contributed by atoms with Crippen LogP contribution in [0.1, 0.15) is 0 Å². The van der Waals surface area contributed by atoms with Crippen molar-refractivity contribution < 1.29 is 22.7 Å². The van der Waals surface area contributed by atoms with E-state index in [0.717, 1.165) is 0 Å². The van der Waals surface area contributed by atoms with E-state index >= 15 is 0 Å². The third kappa shape index (κ3) is 5.50. The third-order valence-electron chi connectivity index (χ3n) is 2.75. The Balaban J connectivity index is 1.92. The van der Waals surface area contributed by atoms with Crippen molar-refractivity contribution in [3.8, 4) is 5.75 Å². The second-order valence-corrected chi connectivity index (χ2v) is 4.64. The van der Waals surface area contributed by atoms with Crippen molar-refractivity contribution in [2.75, 3.05) is 11.9 Å². The van der Waals surface area contributed by atoms with Crippen LogP contribution in [0.25, 0.3) is 0 Å². The Kier molecular flexibility index (Phi) is 5.05. The van der Waals surface area contributed by atoms with Crippen LogP contribution in [0.2, 0.25) is 0 Å². The van der Waals surface area contributed by atoms with Gasteiger partial charge in [-0.1, -0.05) is 6.07 Å². The van der Waals surface area contributed by atoms with Gasteiger partial charge >= 0.3 is 6.18 Å². The highest BCUT2D eigenvalue weighted by atomic mass is 19.4. The number of anilines is 1. The second kappa shape index (κ2) is 6.99. The molecule has 23 heavy (non-hydrogen) atoms. The topological polar surface area (TPSA) is 60.3 Å². The molecule has 1 heterocycles. The molecule has 0 aliphatic heterocycles. The molecule has 0 radical (unpaired) electrons. The van der Waals surface area contributed by atoms with E-state index < -0.39 is 18.7 Å². The van der Waals surface area contributed by atoms with Gasteiger partial charge in [0.2, 0.25) is 5.91 Å². The number of aromatic nitrogens is 1. The highest BCUT2D eigenvalue weighted by Gasteiger charge is 2.28. The van der Waals surface area contributed by atoms with Gasteiger partial charge in [0.05, 0.1) is 0 Å². The Morgan fingerprint density at radius 1 is 1.13 bits per heavy atom. The zero-order chi connectivity index (χ0) is 16.9. The molecule has 0 aliphatic carbocycles. The Hall–Kier alpha value is -2.77. The van der Waals surface area contributed by atoms with Crippen LogP contribution in [-0.4, -0.2) is 23.3 Å². The molecule has 1 N–H and O–H groups in total. The Bertz CT molecular complexity index is 724. The Morgan fingerprint density at radius 3 is 2.43 bits per heavy atom. The standard InChI is InChI=1S/C15H13F3N2O3/c16-15(17,18)10-23-12-6-4-11(5-7-12)19-13(21)9-20-8-2-1-3-14(20)22/h1-8H,9-10H2,(H,19,21). The summed E-state index contributed by atoms with van der Waals surface area (Å²) in [7, 11) is 0. The summed E-state index contributed by atoms with van der Waals surface area (Å²) < 4.78 is 41.9. The van der Waals surface area contributed by atoms with Crippen LogP contribution in [0.5, 0.6) is 5.75 Å². The molecule has 0 fully saturated rings. The first-order valence-electron chi connectivity index (χ1n) is 6.58. The van der Waals surface area contributed by atoms with Crippen molar-refractivity contribution in [1.29, 1.82) is 0 Å². The molecule has 1 aromatic carbocycles. The minimum atomic E-state index is -4.41. The van der Waals surface area contributed by atoms with E-state index in [9.17, 15) is 22.8 Å². The Morgan fingerprint density at radius 2 is 1.83 bits per heavy atom. The van der Waals surface area contributed by atoms with E-state index in [0.29, 0.717) is 5.69 Å². The summed E-state index contributed by atoms with van der Waals surface area (Å²) in [5.74, 6) is -0.387. The van der Waals surface area contributed by atoms with Gasteiger partial charge in [0.25, 0.3) is 5.56 Å². The molecular weight excluding hydrogens is 313 g/mol. The molecule has 1 aromatic heterocycles. The van der Waals surface area contributed by atoms with E-state index in [1.54, 1.807) is 12.1 Å². The molecule has 2 aromatic rings. The molecule has 2 rings (SSSR count). The lowest BCUT2D eigenvalue weighted by Crippen LogP contribution is -2.26.